The molecule has 0 radical (unpaired) electrons. The number of benzene rings is 1. The topological polar surface area (TPSA) is 120 Å². The lowest BCUT2D eigenvalue weighted by Gasteiger charge is -2.32. The zero-order valence-electron chi connectivity index (χ0n) is 19.7. The number of aliphatic hydroxyl groups excluding tert-OH is 5. The van der Waals surface area contributed by atoms with Gasteiger partial charge in [-0.25, -0.2) is 0 Å². The summed E-state index contributed by atoms with van der Waals surface area (Å²) in [6.07, 6.45) is 9.58. The van der Waals surface area contributed by atoms with E-state index in [2.05, 4.69) is 6.92 Å². The Morgan fingerprint density at radius 2 is 1.19 bits per heavy atom. The monoisotopic (exact) mass is 456 g/mol. The molecule has 0 amide bonds. The summed E-state index contributed by atoms with van der Waals surface area (Å²) in [7, 11) is 0. The van der Waals surface area contributed by atoms with E-state index in [1.807, 2.05) is 24.3 Å². The fourth-order valence-corrected chi connectivity index (χ4v) is 3.40. The van der Waals surface area contributed by atoms with Crippen LogP contribution in [0, 0.1) is 10.8 Å². The van der Waals surface area contributed by atoms with Crippen molar-refractivity contribution in [3.05, 3.63) is 29.8 Å². The molecule has 0 saturated carbocycles. The quantitative estimate of drug-likeness (QED) is 0.191. The van der Waals surface area contributed by atoms with Crippen molar-refractivity contribution in [2.45, 2.75) is 58.3 Å². The smallest absolute Gasteiger partial charge is 0.122 e. The molecule has 0 heterocycles. The summed E-state index contributed by atoms with van der Waals surface area (Å²) in [6, 6.07) is 7.82. The van der Waals surface area contributed by atoms with Gasteiger partial charge >= 0.3 is 0 Å². The van der Waals surface area contributed by atoms with Crippen LogP contribution in [0.15, 0.2) is 24.3 Å². The van der Waals surface area contributed by atoms with E-state index in [0.717, 1.165) is 24.2 Å². The average molecular weight is 457 g/mol. The highest BCUT2D eigenvalue weighted by Gasteiger charge is 2.34. The summed E-state index contributed by atoms with van der Waals surface area (Å²) < 4.78 is 11.6. The molecule has 0 fully saturated rings. The van der Waals surface area contributed by atoms with Crippen LogP contribution in [0.4, 0.5) is 0 Å². The Morgan fingerprint density at radius 3 is 1.78 bits per heavy atom. The second kappa shape index (κ2) is 16.4. The number of hydrogen-bond acceptors (Lipinski definition) is 7. The molecular weight excluding hydrogens is 412 g/mol. The second-order valence-electron chi connectivity index (χ2n) is 9.05. The van der Waals surface area contributed by atoms with E-state index in [1.54, 1.807) is 0 Å². The first-order chi connectivity index (χ1) is 15.5. The molecule has 7 heteroatoms. The van der Waals surface area contributed by atoms with Gasteiger partial charge in [-0.05, 0) is 24.5 Å². The highest BCUT2D eigenvalue weighted by molar-refractivity contribution is 5.33. The summed E-state index contributed by atoms with van der Waals surface area (Å²) in [5, 5.41) is 48.1. The molecule has 0 aliphatic rings. The molecule has 0 bridgehead atoms. The Morgan fingerprint density at radius 1 is 0.656 bits per heavy atom. The van der Waals surface area contributed by atoms with E-state index in [-0.39, 0.29) is 33.0 Å². The van der Waals surface area contributed by atoms with Gasteiger partial charge in [0.25, 0.3) is 0 Å². The van der Waals surface area contributed by atoms with Crippen LogP contribution in [0.5, 0.6) is 5.75 Å². The number of aryl methyl sites for hydroxylation is 1. The highest BCUT2D eigenvalue weighted by Crippen LogP contribution is 2.25. The van der Waals surface area contributed by atoms with Gasteiger partial charge in [0.15, 0.2) is 0 Å². The maximum absolute atomic E-state index is 9.92. The van der Waals surface area contributed by atoms with Gasteiger partial charge in [-0.15, -0.1) is 0 Å². The first kappa shape index (κ1) is 28.8. The van der Waals surface area contributed by atoms with Crippen molar-refractivity contribution in [1.29, 1.82) is 0 Å². The van der Waals surface area contributed by atoms with Crippen molar-refractivity contribution in [2.75, 3.05) is 52.9 Å². The Hall–Kier alpha value is -1.22. The molecule has 0 atom stereocenters. The number of hydrogen-bond donors (Lipinski definition) is 5. The van der Waals surface area contributed by atoms with Crippen molar-refractivity contribution in [3.8, 4) is 5.75 Å². The lowest BCUT2D eigenvalue weighted by Crippen LogP contribution is -2.44. The van der Waals surface area contributed by atoms with Gasteiger partial charge in [0.2, 0.25) is 0 Å². The van der Waals surface area contributed by atoms with Gasteiger partial charge in [-0.3, -0.25) is 0 Å². The van der Waals surface area contributed by atoms with Crippen LogP contribution in [0.3, 0.4) is 0 Å². The molecule has 0 aliphatic heterocycles. The summed E-state index contributed by atoms with van der Waals surface area (Å²) in [5.74, 6) is 0.736. The molecule has 186 valence electrons. The van der Waals surface area contributed by atoms with Crippen LogP contribution in [0.1, 0.15) is 57.4 Å². The largest absolute Gasteiger partial charge is 0.492 e. The number of aliphatic hydroxyl groups is 5. The first-order valence-corrected chi connectivity index (χ1v) is 11.9. The fraction of sp³-hybridized carbons (Fsp3) is 0.760. The number of para-hydroxylation sites is 1. The van der Waals surface area contributed by atoms with Gasteiger partial charge in [0.05, 0.1) is 57.1 Å². The zero-order chi connectivity index (χ0) is 23.7. The lowest BCUT2D eigenvalue weighted by molar-refractivity contribution is -0.100. The minimum atomic E-state index is -1.17. The van der Waals surface area contributed by atoms with Gasteiger partial charge < -0.3 is 35.0 Å². The third kappa shape index (κ3) is 9.73. The predicted octanol–water partition coefficient (Wildman–Crippen LogP) is 2.31. The zero-order valence-corrected chi connectivity index (χ0v) is 19.7. The Kier molecular flexibility index (Phi) is 14.8. The SMILES string of the molecule is CCCCCCCCCc1ccccc1OCC(CO)(CO)COCC(CO)(CO)CO. The molecule has 1 rings (SSSR count). The van der Waals surface area contributed by atoms with E-state index in [0.29, 0.717) is 0 Å². The van der Waals surface area contributed by atoms with E-state index in [4.69, 9.17) is 9.47 Å². The van der Waals surface area contributed by atoms with Crippen LogP contribution >= 0.6 is 0 Å². The van der Waals surface area contributed by atoms with Gasteiger partial charge in [0.1, 0.15) is 12.4 Å². The molecule has 1 aromatic carbocycles. The highest BCUT2D eigenvalue weighted by atomic mass is 16.5. The summed E-state index contributed by atoms with van der Waals surface area (Å²) in [6.45, 7) is 0.113. The first-order valence-electron chi connectivity index (χ1n) is 11.9. The van der Waals surface area contributed by atoms with Gasteiger partial charge in [-0.2, -0.15) is 0 Å². The van der Waals surface area contributed by atoms with Crippen LogP contribution < -0.4 is 4.74 Å². The van der Waals surface area contributed by atoms with Crippen LogP contribution in [-0.2, 0) is 11.2 Å². The maximum atomic E-state index is 9.92. The molecule has 0 saturated heterocycles. The van der Waals surface area contributed by atoms with Crippen LogP contribution in [0.2, 0.25) is 0 Å². The van der Waals surface area contributed by atoms with Crippen molar-refractivity contribution in [1.82, 2.24) is 0 Å². The second-order valence-corrected chi connectivity index (χ2v) is 9.05. The van der Waals surface area contributed by atoms with E-state index < -0.39 is 30.7 Å². The molecule has 1 aromatic rings. The van der Waals surface area contributed by atoms with Crippen molar-refractivity contribution in [3.63, 3.8) is 0 Å². The standard InChI is InChI=1S/C25H44O7/c1-2-3-4-5-6-7-8-11-22-12-9-10-13-23(22)32-21-25(17-29,18-30)20-31-19-24(14-26,15-27)16-28/h9-10,12-13,26-30H,2-8,11,14-21H2,1H3. The Labute approximate surface area is 193 Å². The van der Waals surface area contributed by atoms with Crippen LogP contribution in [0.25, 0.3) is 0 Å². The minimum Gasteiger partial charge on any atom is -0.492 e. The number of unbranched alkanes of at least 4 members (excludes halogenated alkanes) is 6. The van der Waals surface area contributed by atoms with E-state index >= 15 is 0 Å². The molecule has 5 N–H and O–H groups in total. The molecule has 7 nitrogen and oxygen atoms in total. The normalized spacial score (nSPS) is 12.3. The van der Waals surface area contributed by atoms with E-state index in [1.165, 1.54) is 38.5 Å². The molecule has 0 unspecified atom stereocenters. The van der Waals surface area contributed by atoms with Crippen LogP contribution in [-0.4, -0.2) is 78.4 Å². The molecule has 0 aromatic heterocycles. The van der Waals surface area contributed by atoms with Gasteiger partial charge in [0, 0.05) is 0 Å². The maximum Gasteiger partial charge on any atom is 0.122 e. The lowest BCUT2D eigenvalue weighted by atomic mass is 9.90. The Balaban J connectivity index is 2.60. The number of ether oxygens (including phenoxy) is 2. The third-order valence-corrected chi connectivity index (χ3v) is 6.05. The van der Waals surface area contributed by atoms with E-state index in [9.17, 15) is 25.5 Å². The predicted molar refractivity (Wildman–Crippen MR) is 125 cm³/mol. The van der Waals surface area contributed by atoms with Crippen molar-refractivity contribution in [2.24, 2.45) is 10.8 Å². The summed E-state index contributed by atoms with van der Waals surface area (Å²) in [5.41, 5.74) is -1.11. The molecule has 32 heavy (non-hydrogen) atoms. The van der Waals surface area contributed by atoms with Crippen molar-refractivity contribution >= 4 is 0 Å². The molecule has 0 aliphatic carbocycles. The summed E-state index contributed by atoms with van der Waals surface area (Å²) in [4.78, 5) is 0. The molecular formula is C25H44O7. The summed E-state index contributed by atoms with van der Waals surface area (Å²) >= 11 is 0. The minimum absolute atomic E-state index is 0.0400. The average Bonchev–Trinajstić information content (AvgIpc) is 2.84. The third-order valence-electron chi connectivity index (χ3n) is 6.05. The molecule has 0 spiro atoms. The van der Waals surface area contributed by atoms with Gasteiger partial charge in [-0.1, -0.05) is 63.6 Å². The fourth-order valence-electron chi connectivity index (χ4n) is 3.40. The van der Waals surface area contributed by atoms with Crippen molar-refractivity contribution < 1.29 is 35.0 Å². The Bertz CT molecular complexity index is 577. The number of rotatable bonds is 20.